The van der Waals surface area contributed by atoms with E-state index < -0.39 is 0 Å². The lowest BCUT2D eigenvalue weighted by Gasteiger charge is -2.42. The molecular formula is C14H24N4. The molecule has 0 unspecified atom stereocenters. The van der Waals surface area contributed by atoms with Gasteiger partial charge in [0.2, 0.25) is 0 Å². The van der Waals surface area contributed by atoms with Gasteiger partial charge in [-0.15, -0.1) is 0 Å². The Labute approximate surface area is 110 Å². The number of pyridine rings is 1. The minimum atomic E-state index is 0.285. The SMILES string of the molecule is CC(C)(C)N1CCN(Cc2ccnc(N)c2)CC1. The first-order chi connectivity index (χ1) is 8.45. The Bertz CT molecular complexity index is 389. The number of anilines is 1. The minimum Gasteiger partial charge on any atom is -0.384 e. The van der Waals surface area contributed by atoms with Crippen LogP contribution in [-0.4, -0.2) is 46.5 Å². The van der Waals surface area contributed by atoms with Crippen LogP contribution < -0.4 is 5.73 Å². The van der Waals surface area contributed by atoms with Gasteiger partial charge in [0.25, 0.3) is 0 Å². The van der Waals surface area contributed by atoms with Crippen LogP contribution in [0, 0.1) is 0 Å². The van der Waals surface area contributed by atoms with Crippen molar-refractivity contribution >= 4 is 5.82 Å². The van der Waals surface area contributed by atoms with Crippen molar-refractivity contribution in [3.05, 3.63) is 23.9 Å². The van der Waals surface area contributed by atoms with Crippen molar-refractivity contribution in [2.45, 2.75) is 32.9 Å². The third-order valence-electron chi connectivity index (χ3n) is 3.57. The number of nitrogens with zero attached hydrogens (tertiary/aromatic N) is 3. The van der Waals surface area contributed by atoms with Gasteiger partial charge in [0.15, 0.2) is 0 Å². The van der Waals surface area contributed by atoms with Gasteiger partial charge in [-0.1, -0.05) is 0 Å². The molecule has 1 aliphatic rings. The van der Waals surface area contributed by atoms with E-state index in [1.807, 2.05) is 12.1 Å². The Morgan fingerprint density at radius 2 is 1.89 bits per heavy atom. The number of nitrogen functional groups attached to an aromatic ring is 1. The van der Waals surface area contributed by atoms with Crippen LogP contribution in [-0.2, 0) is 6.54 Å². The minimum absolute atomic E-state index is 0.285. The highest BCUT2D eigenvalue weighted by Crippen LogP contribution is 2.17. The second kappa shape index (κ2) is 5.24. The maximum absolute atomic E-state index is 5.70. The molecule has 1 aliphatic heterocycles. The summed E-state index contributed by atoms with van der Waals surface area (Å²) in [4.78, 5) is 9.06. The van der Waals surface area contributed by atoms with Crippen molar-refractivity contribution in [2.75, 3.05) is 31.9 Å². The fourth-order valence-electron chi connectivity index (χ4n) is 2.43. The maximum Gasteiger partial charge on any atom is 0.123 e. The zero-order chi connectivity index (χ0) is 13.2. The van der Waals surface area contributed by atoms with E-state index in [0.717, 1.165) is 32.7 Å². The molecule has 1 aromatic heterocycles. The van der Waals surface area contributed by atoms with Crippen molar-refractivity contribution in [3.63, 3.8) is 0 Å². The number of piperazine rings is 1. The summed E-state index contributed by atoms with van der Waals surface area (Å²) < 4.78 is 0. The van der Waals surface area contributed by atoms with E-state index in [0.29, 0.717) is 5.82 Å². The Hall–Kier alpha value is -1.13. The van der Waals surface area contributed by atoms with Crippen LogP contribution in [0.2, 0.25) is 0 Å². The Morgan fingerprint density at radius 3 is 2.44 bits per heavy atom. The van der Waals surface area contributed by atoms with Crippen molar-refractivity contribution < 1.29 is 0 Å². The highest BCUT2D eigenvalue weighted by atomic mass is 15.3. The molecule has 2 heterocycles. The lowest BCUT2D eigenvalue weighted by atomic mass is 10.0. The van der Waals surface area contributed by atoms with Gasteiger partial charge < -0.3 is 5.73 Å². The molecule has 1 aromatic rings. The summed E-state index contributed by atoms with van der Waals surface area (Å²) in [6, 6.07) is 4.02. The smallest absolute Gasteiger partial charge is 0.123 e. The third kappa shape index (κ3) is 3.43. The van der Waals surface area contributed by atoms with E-state index in [4.69, 9.17) is 5.73 Å². The van der Waals surface area contributed by atoms with Crippen LogP contribution in [0.25, 0.3) is 0 Å². The van der Waals surface area contributed by atoms with Crippen LogP contribution >= 0.6 is 0 Å². The largest absolute Gasteiger partial charge is 0.384 e. The summed E-state index contributed by atoms with van der Waals surface area (Å²) in [5.74, 6) is 0.612. The first-order valence-corrected chi connectivity index (χ1v) is 6.63. The Kier molecular flexibility index (Phi) is 3.88. The molecule has 0 saturated carbocycles. The number of aromatic nitrogens is 1. The topological polar surface area (TPSA) is 45.4 Å². The van der Waals surface area contributed by atoms with Crippen molar-refractivity contribution in [1.29, 1.82) is 0 Å². The Balaban J connectivity index is 1.87. The second-order valence-corrected chi connectivity index (χ2v) is 6.02. The molecule has 0 aliphatic carbocycles. The molecular weight excluding hydrogens is 224 g/mol. The van der Waals surface area contributed by atoms with Gasteiger partial charge in [0.05, 0.1) is 0 Å². The average molecular weight is 248 g/mol. The fraction of sp³-hybridized carbons (Fsp3) is 0.643. The molecule has 0 spiro atoms. The summed E-state index contributed by atoms with van der Waals surface area (Å²) in [6.45, 7) is 12.4. The van der Waals surface area contributed by atoms with Crippen molar-refractivity contribution in [2.24, 2.45) is 0 Å². The van der Waals surface area contributed by atoms with Crippen LogP contribution in [0.5, 0.6) is 0 Å². The van der Waals surface area contributed by atoms with Crippen molar-refractivity contribution in [3.8, 4) is 0 Å². The van der Waals surface area contributed by atoms with Gasteiger partial charge in [-0.2, -0.15) is 0 Å². The standard InChI is InChI=1S/C14H24N4/c1-14(2,3)18-8-6-17(7-9-18)11-12-4-5-16-13(15)10-12/h4-5,10H,6-9,11H2,1-3H3,(H2,15,16). The second-order valence-electron chi connectivity index (χ2n) is 6.02. The van der Waals surface area contributed by atoms with E-state index in [9.17, 15) is 0 Å². The summed E-state index contributed by atoms with van der Waals surface area (Å²) in [5.41, 5.74) is 7.25. The Morgan fingerprint density at radius 1 is 1.22 bits per heavy atom. The lowest BCUT2D eigenvalue weighted by molar-refractivity contribution is 0.0591. The summed E-state index contributed by atoms with van der Waals surface area (Å²) in [5, 5.41) is 0. The van der Waals surface area contributed by atoms with Crippen LogP contribution in [0.1, 0.15) is 26.3 Å². The van der Waals surface area contributed by atoms with E-state index >= 15 is 0 Å². The van der Waals surface area contributed by atoms with E-state index in [2.05, 4.69) is 35.6 Å². The molecule has 1 fully saturated rings. The van der Waals surface area contributed by atoms with E-state index in [1.54, 1.807) is 6.20 Å². The lowest BCUT2D eigenvalue weighted by Crippen LogP contribution is -2.53. The number of rotatable bonds is 2. The number of hydrogen-bond acceptors (Lipinski definition) is 4. The van der Waals surface area contributed by atoms with Crippen LogP contribution in [0.4, 0.5) is 5.82 Å². The molecule has 4 heteroatoms. The first kappa shape index (κ1) is 13.3. The first-order valence-electron chi connectivity index (χ1n) is 6.63. The van der Waals surface area contributed by atoms with Crippen LogP contribution in [0.3, 0.4) is 0 Å². The van der Waals surface area contributed by atoms with Gasteiger partial charge in [-0.05, 0) is 38.5 Å². The molecule has 100 valence electrons. The summed E-state index contributed by atoms with van der Waals surface area (Å²) in [6.07, 6.45) is 1.79. The zero-order valence-corrected chi connectivity index (χ0v) is 11.7. The van der Waals surface area contributed by atoms with Crippen molar-refractivity contribution in [1.82, 2.24) is 14.8 Å². The van der Waals surface area contributed by atoms with E-state index in [1.165, 1.54) is 5.56 Å². The summed E-state index contributed by atoms with van der Waals surface area (Å²) in [7, 11) is 0. The number of nitrogens with two attached hydrogens (primary N) is 1. The predicted octanol–water partition coefficient (Wildman–Crippen LogP) is 1.58. The molecule has 0 aromatic carbocycles. The molecule has 0 radical (unpaired) electrons. The van der Waals surface area contributed by atoms with E-state index in [-0.39, 0.29) is 5.54 Å². The summed E-state index contributed by atoms with van der Waals surface area (Å²) >= 11 is 0. The highest BCUT2D eigenvalue weighted by Gasteiger charge is 2.25. The quantitative estimate of drug-likeness (QED) is 0.863. The molecule has 2 N–H and O–H groups in total. The zero-order valence-electron chi connectivity index (χ0n) is 11.7. The van der Waals surface area contributed by atoms with Gasteiger partial charge in [-0.3, -0.25) is 9.80 Å². The molecule has 2 rings (SSSR count). The van der Waals surface area contributed by atoms with Gasteiger partial charge >= 0.3 is 0 Å². The molecule has 4 nitrogen and oxygen atoms in total. The maximum atomic E-state index is 5.70. The van der Waals surface area contributed by atoms with Gasteiger partial charge in [0, 0.05) is 44.5 Å². The molecule has 0 bridgehead atoms. The van der Waals surface area contributed by atoms with Crippen LogP contribution in [0.15, 0.2) is 18.3 Å². The van der Waals surface area contributed by atoms with Gasteiger partial charge in [0.1, 0.15) is 5.82 Å². The van der Waals surface area contributed by atoms with Gasteiger partial charge in [-0.25, -0.2) is 4.98 Å². The number of hydrogen-bond donors (Lipinski definition) is 1. The third-order valence-corrected chi connectivity index (χ3v) is 3.57. The molecule has 18 heavy (non-hydrogen) atoms. The highest BCUT2D eigenvalue weighted by molar-refractivity contribution is 5.31. The normalized spacial score (nSPS) is 19.1. The fourth-order valence-corrected chi connectivity index (χ4v) is 2.43. The average Bonchev–Trinajstić information content (AvgIpc) is 2.28. The predicted molar refractivity (Wildman–Crippen MR) is 75.3 cm³/mol. The molecule has 1 saturated heterocycles. The molecule has 0 amide bonds. The molecule has 0 atom stereocenters. The monoisotopic (exact) mass is 248 g/mol.